The number of hydrogen-bond acceptors (Lipinski definition) is 2. The lowest BCUT2D eigenvalue weighted by Crippen LogP contribution is -1.92. The molecule has 0 aromatic heterocycles. The number of rotatable bonds is 3. The summed E-state index contributed by atoms with van der Waals surface area (Å²) < 4.78 is 19.0. The van der Waals surface area contributed by atoms with E-state index in [-0.39, 0.29) is 12.4 Å². The third-order valence-electron chi connectivity index (χ3n) is 2.32. The summed E-state index contributed by atoms with van der Waals surface area (Å²) >= 11 is 8.94. The number of halogens is 3. The molecule has 2 aromatic carbocycles. The van der Waals surface area contributed by atoms with Gasteiger partial charge in [0.2, 0.25) is 0 Å². The van der Waals surface area contributed by atoms with E-state index in [1.54, 1.807) is 18.2 Å². The predicted molar refractivity (Wildman–Crippen MR) is 71.5 cm³/mol. The summed E-state index contributed by atoms with van der Waals surface area (Å²) in [6.07, 6.45) is 0. The van der Waals surface area contributed by atoms with Crippen LogP contribution in [-0.4, -0.2) is 5.11 Å². The van der Waals surface area contributed by atoms with Crippen molar-refractivity contribution in [2.45, 2.75) is 6.61 Å². The minimum absolute atomic E-state index is 0.158. The molecular formula is C13H9BrClFO2. The molecule has 94 valence electrons. The maximum atomic E-state index is 13.1. The molecule has 0 heterocycles. The Morgan fingerprint density at radius 3 is 2.67 bits per heavy atom. The lowest BCUT2D eigenvalue weighted by Gasteiger charge is -2.10. The van der Waals surface area contributed by atoms with Crippen LogP contribution in [0.5, 0.6) is 11.5 Å². The van der Waals surface area contributed by atoms with E-state index < -0.39 is 0 Å². The van der Waals surface area contributed by atoms with Crippen molar-refractivity contribution in [3.8, 4) is 11.5 Å². The summed E-state index contributed by atoms with van der Waals surface area (Å²) in [5, 5.41) is 9.70. The fraction of sp³-hybridized carbons (Fsp3) is 0.0769. The largest absolute Gasteiger partial charge is 0.457 e. The van der Waals surface area contributed by atoms with E-state index in [1.165, 1.54) is 18.2 Å². The quantitative estimate of drug-likeness (QED) is 0.895. The zero-order chi connectivity index (χ0) is 13.1. The van der Waals surface area contributed by atoms with Crippen molar-refractivity contribution in [1.82, 2.24) is 0 Å². The first-order valence-corrected chi connectivity index (χ1v) is 6.29. The SMILES string of the molecule is OCc1ccc(Cl)cc1Oc1ccc(F)c(Br)c1. The second-order valence-corrected chi connectivity index (χ2v) is 4.88. The predicted octanol–water partition coefficient (Wildman–Crippen LogP) is 4.53. The van der Waals surface area contributed by atoms with Gasteiger partial charge in [-0.1, -0.05) is 17.7 Å². The zero-order valence-corrected chi connectivity index (χ0v) is 11.5. The first kappa shape index (κ1) is 13.3. The molecule has 0 radical (unpaired) electrons. The van der Waals surface area contributed by atoms with Gasteiger partial charge in [-0.15, -0.1) is 0 Å². The third-order valence-corrected chi connectivity index (χ3v) is 3.16. The molecule has 0 saturated heterocycles. The van der Waals surface area contributed by atoms with Gasteiger partial charge in [-0.05, 0) is 46.3 Å². The molecule has 0 aliphatic heterocycles. The Morgan fingerprint density at radius 1 is 1.22 bits per heavy atom. The first-order valence-electron chi connectivity index (χ1n) is 5.12. The number of ether oxygens (including phenoxy) is 1. The van der Waals surface area contributed by atoms with Crippen LogP contribution in [0.4, 0.5) is 4.39 Å². The summed E-state index contributed by atoms with van der Waals surface area (Å²) in [5.74, 6) is 0.541. The van der Waals surface area contributed by atoms with Crippen molar-refractivity contribution < 1.29 is 14.2 Å². The average Bonchev–Trinajstić information content (AvgIpc) is 2.34. The van der Waals surface area contributed by atoms with E-state index in [0.717, 1.165) is 0 Å². The van der Waals surface area contributed by atoms with Crippen LogP contribution in [0.1, 0.15) is 5.56 Å². The van der Waals surface area contributed by atoms with Crippen LogP contribution in [0.3, 0.4) is 0 Å². The second-order valence-electron chi connectivity index (χ2n) is 3.59. The topological polar surface area (TPSA) is 29.5 Å². The molecule has 0 amide bonds. The Morgan fingerprint density at radius 2 is 2.00 bits per heavy atom. The normalized spacial score (nSPS) is 10.4. The maximum absolute atomic E-state index is 13.1. The van der Waals surface area contributed by atoms with Gasteiger partial charge in [0.25, 0.3) is 0 Å². The molecular weight excluding hydrogens is 322 g/mol. The van der Waals surface area contributed by atoms with Crippen LogP contribution >= 0.6 is 27.5 Å². The number of aliphatic hydroxyl groups excluding tert-OH is 1. The van der Waals surface area contributed by atoms with Crippen LogP contribution in [0.2, 0.25) is 5.02 Å². The molecule has 18 heavy (non-hydrogen) atoms. The van der Waals surface area contributed by atoms with Crippen molar-refractivity contribution in [3.05, 3.63) is 57.3 Å². The molecule has 0 unspecified atom stereocenters. The number of hydrogen-bond donors (Lipinski definition) is 1. The molecule has 2 rings (SSSR count). The highest BCUT2D eigenvalue weighted by atomic mass is 79.9. The summed E-state index contributed by atoms with van der Waals surface area (Å²) in [6.45, 7) is -0.158. The Balaban J connectivity index is 2.33. The molecule has 5 heteroatoms. The molecule has 2 nitrogen and oxygen atoms in total. The molecule has 0 atom stereocenters. The van der Waals surface area contributed by atoms with Crippen molar-refractivity contribution in [1.29, 1.82) is 0 Å². The van der Waals surface area contributed by atoms with Gasteiger partial charge in [0, 0.05) is 10.6 Å². The second kappa shape index (κ2) is 5.69. The minimum atomic E-state index is -0.365. The van der Waals surface area contributed by atoms with Crippen LogP contribution < -0.4 is 4.74 Å². The zero-order valence-electron chi connectivity index (χ0n) is 9.16. The maximum Gasteiger partial charge on any atom is 0.137 e. The van der Waals surface area contributed by atoms with Gasteiger partial charge in [0.05, 0.1) is 11.1 Å². The Kier molecular flexibility index (Phi) is 4.22. The highest BCUT2D eigenvalue weighted by Gasteiger charge is 2.07. The highest BCUT2D eigenvalue weighted by Crippen LogP contribution is 2.30. The number of aliphatic hydroxyl groups is 1. The molecule has 0 saturated carbocycles. The summed E-state index contributed by atoms with van der Waals surface area (Å²) in [6, 6.07) is 9.25. The fourth-order valence-electron chi connectivity index (χ4n) is 1.42. The summed E-state index contributed by atoms with van der Waals surface area (Å²) in [7, 11) is 0. The van der Waals surface area contributed by atoms with Crippen LogP contribution in [0, 0.1) is 5.82 Å². The molecule has 0 fully saturated rings. The Labute approximate surface area is 117 Å². The first-order chi connectivity index (χ1) is 8.60. The lowest BCUT2D eigenvalue weighted by atomic mass is 10.2. The lowest BCUT2D eigenvalue weighted by molar-refractivity contribution is 0.276. The van der Waals surface area contributed by atoms with Gasteiger partial charge in [-0.3, -0.25) is 0 Å². The average molecular weight is 332 g/mol. The van der Waals surface area contributed by atoms with E-state index in [9.17, 15) is 9.50 Å². The minimum Gasteiger partial charge on any atom is -0.457 e. The van der Waals surface area contributed by atoms with Crippen LogP contribution in [0.15, 0.2) is 40.9 Å². The van der Waals surface area contributed by atoms with Crippen molar-refractivity contribution >= 4 is 27.5 Å². The van der Waals surface area contributed by atoms with Crippen LogP contribution in [0.25, 0.3) is 0 Å². The van der Waals surface area contributed by atoms with Gasteiger partial charge in [0.15, 0.2) is 0 Å². The molecule has 0 aliphatic carbocycles. The summed E-state index contributed by atoms with van der Waals surface area (Å²) in [4.78, 5) is 0. The Bertz CT molecular complexity index is 575. The van der Waals surface area contributed by atoms with E-state index in [0.29, 0.717) is 26.6 Å². The molecule has 0 spiro atoms. The van der Waals surface area contributed by atoms with Gasteiger partial charge in [-0.2, -0.15) is 0 Å². The monoisotopic (exact) mass is 330 g/mol. The molecule has 0 aliphatic rings. The van der Waals surface area contributed by atoms with E-state index in [2.05, 4.69) is 15.9 Å². The van der Waals surface area contributed by atoms with E-state index >= 15 is 0 Å². The third kappa shape index (κ3) is 3.02. The van der Waals surface area contributed by atoms with Gasteiger partial charge < -0.3 is 9.84 Å². The molecule has 1 N–H and O–H groups in total. The standard InChI is InChI=1S/C13H9BrClFO2/c14-11-6-10(3-4-12(11)16)18-13-5-9(15)2-1-8(13)7-17/h1-6,17H,7H2. The van der Waals surface area contributed by atoms with Gasteiger partial charge in [0.1, 0.15) is 17.3 Å². The summed E-state index contributed by atoms with van der Waals surface area (Å²) in [5.41, 5.74) is 0.611. The smallest absolute Gasteiger partial charge is 0.137 e. The number of benzene rings is 2. The fourth-order valence-corrected chi connectivity index (χ4v) is 1.94. The van der Waals surface area contributed by atoms with E-state index in [4.69, 9.17) is 16.3 Å². The van der Waals surface area contributed by atoms with Crippen LogP contribution in [-0.2, 0) is 6.61 Å². The van der Waals surface area contributed by atoms with Crippen molar-refractivity contribution in [3.63, 3.8) is 0 Å². The Hall–Kier alpha value is -1.10. The van der Waals surface area contributed by atoms with Gasteiger partial charge in [-0.25, -0.2) is 4.39 Å². The van der Waals surface area contributed by atoms with Crippen molar-refractivity contribution in [2.75, 3.05) is 0 Å². The van der Waals surface area contributed by atoms with Gasteiger partial charge >= 0.3 is 0 Å². The highest BCUT2D eigenvalue weighted by molar-refractivity contribution is 9.10. The molecule has 2 aromatic rings. The van der Waals surface area contributed by atoms with E-state index in [1.807, 2.05) is 0 Å². The van der Waals surface area contributed by atoms with Crippen molar-refractivity contribution in [2.24, 2.45) is 0 Å². The molecule has 0 bridgehead atoms.